The van der Waals surface area contributed by atoms with Gasteiger partial charge in [-0.15, -0.1) is 0 Å². The maximum absolute atomic E-state index is 11.9. The Morgan fingerprint density at radius 3 is 2.46 bits per heavy atom. The lowest BCUT2D eigenvalue weighted by Crippen LogP contribution is -2.47. The monoisotopic (exact) mass is 389 g/mol. The first kappa shape index (κ1) is 20.5. The van der Waals surface area contributed by atoms with E-state index in [4.69, 9.17) is 9.84 Å². The van der Waals surface area contributed by atoms with Gasteiger partial charge in [-0.1, -0.05) is 6.07 Å². The molecule has 1 aromatic rings. The zero-order valence-electron chi connectivity index (χ0n) is 16.7. The molecule has 2 saturated heterocycles. The summed E-state index contributed by atoms with van der Waals surface area (Å²) in [4.78, 5) is 29.3. The summed E-state index contributed by atoms with van der Waals surface area (Å²) in [6.07, 6.45) is 2.31. The van der Waals surface area contributed by atoms with Crippen LogP contribution in [-0.2, 0) is 4.74 Å². The Hall–Kier alpha value is -2.28. The van der Waals surface area contributed by atoms with E-state index >= 15 is 0 Å². The molecule has 28 heavy (non-hydrogen) atoms. The first-order valence-corrected chi connectivity index (χ1v) is 10.3. The van der Waals surface area contributed by atoms with Crippen molar-refractivity contribution in [3.63, 3.8) is 0 Å². The minimum absolute atomic E-state index is 0.267. The van der Waals surface area contributed by atoms with Crippen molar-refractivity contribution in [2.24, 2.45) is 5.92 Å². The number of nitrogens with zero attached hydrogens (tertiary/aromatic N) is 3. The van der Waals surface area contributed by atoms with Crippen LogP contribution in [0.4, 0.5) is 10.5 Å². The second kappa shape index (κ2) is 9.78. The van der Waals surface area contributed by atoms with Crippen molar-refractivity contribution in [1.82, 2.24) is 9.80 Å². The van der Waals surface area contributed by atoms with Crippen molar-refractivity contribution in [3.8, 4) is 0 Å². The number of piperazine rings is 1. The molecule has 0 spiro atoms. The zero-order valence-corrected chi connectivity index (χ0v) is 16.7. The molecule has 0 aliphatic carbocycles. The van der Waals surface area contributed by atoms with Gasteiger partial charge in [-0.3, -0.25) is 4.90 Å². The van der Waals surface area contributed by atoms with Crippen molar-refractivity contribution in [2.75, 3.05) is 57.3 Å². The number of rotatable bonds is 6. The third kappa shape index (κ3) is 5.38. The minimum Gasteiger partial charge on any atom is -0.465 e. The maximum Gasteiger partial charge on any atom is 0.407 e. The van der Waals surface area contributed by atoms with E-state index in [0.29, 0.717) is 31.2 Å². The second-order valence-corrected chi connectivity index (χ2v) is 7.60. The fraction of sp³-hybridized carbons (Fsp3) is 0.619. The van der Waals surface area contributed by atoms with Gasteiger partial charge in [0.05, 0.1) is 12.2 Å². The Labute approximate surface area is 166 Å². The number of carbonyl (C=O) groups is 2. The second-order valence-electron chi connectivity index (χ2n) is 7.60. The zero-order chi connectivity index (χ0) is 19.9. The number of hydrogen-bond acceptors (Lipinski definition) is 5. The molecule has 0 radical (unpaired) electrons. The number of benzene rings is 1. The molecular formula is C21H31N3O4. The molecule has 154 valence electrons. The van der Waals surface area contributed by atoms with Crippen LogP contribution in [-0.4, -0.2) is 79.4 Å². The van der Waals surface area contributed by atoms with Crippen LogP contribution in [0, 0.1) is 5.92 Å². The fourth-order valence-electron chi connectivity index (χ4n) is 4.05. The highest BCUT2D eigenvalue weighted by Gasteiger charge is 2.24. The average Bonchev–Trinajstić information content (AvgIpc) is 2.73. The van der Waals surface area contributed by atoms with Gasteiger partial charge < -0.3 is 19.6 Å². The lowest BCUT2D eigenvalue weighted by molar-refractivity contribution is 0.0526. The molecule has 7 nitrogen and oxygen atoms in total. The van der Waals surface area contributed by atoms with Crippen molar-refractivity contribution >= 4 is 17.7 Å². The quantitative estimate of drug-likeness (QED) is 0.754. The Morgan fingerprint density at radius 1 is 1.11 bits per heavy atom. The standard InChI is InChI=1S/C21H31N3O4/c1-2-28-20(25)18-4-3-5-19(16-18)23-14-12-22(13-15-23)9-6-17-7-10-24(11-8-17)21(26)27/h3-5,16-17H,2,6-15H2,1H3,(H,26,27). The van der Waals surface area contributed by atoms with E-state index in [9.17, 15) is 9.59 Å². The minimum atomic E-state index is -0.790. The van der Waals surface area contributed by atoms with Crippen LogP contribution >= 0.6 is 0 Å². The van der Waals surface area contributed by atoms with Crippen LogP contribution in [0.2, 0.25) is 0 Å². The lowest BCUT2D eigenvalue weighted by Gasteiger charge is -2.37. The van der Waals surface area contributed by atoms with Crippen molar-refractivity contribution in [3.05, 3.63) is 29.8 Å². The van der Waals surface area contributed by atoms with Gasteiger partial charge >= 0.3 is 12.1 Å². The molecule has 3 rings (SSSR count). The van der Waals surface area contributed by atoms with Gasteiger partial charge in [-0.2, -0.15) is 0 Å². The number of esters is 1. The van der Waals surface area contributed by atoms with E-state index in [1.54, 1.807) is 6.07 Å². The third-order valence-corrected chi connectivity index (χ3v) is 5.83. The van der Waals surface area contributed by atoms with Crippen LogP contribution < -0.4 is 4.90 Å². The molecule has 1 aromatic carbocycles. The Balaban J connectivity index is 1.42. The summed E-state index contributed by atoms with van der Waals surface area (Å²) in [7, 11) is 0. The van der Waals surface area contributed by atoms with Gasteiger partial charge in [0, 0.05) is 45.0 Å². The number of amides is 1. The van der Waals surface area contributed by atoms with Crippen LogP contribution in [0.15, 0.2) is 24.3 Å². The molecule has 7 heteroatoms. The normalized spacial score (nSPS) is 18.9. The molecule has 0 bridgehead atoms. The van der Waals surface area contributed by atoms with E-state index in [2.05, 4.69) is 15.9 Å². The molecule has 2 aliphatic heterocycles. The first-order valence-electron chi connectivity index (χ1n) is 10.3. The molecule has 2 aliphatic rings. The summed E-state index contributed by atoms with van der Waals surface area (Å²) in [6.45, 7) is 8.54. The fourth-order valence-corrected chi connectivity index (χ4v) is 4.05. The number of ether oxygens (including phenoxy) is 1. The maximum atomic E-state index is 11.9. The van der Waals surface area contributed by atoms with Crippen molar-refractivity contribution in [2.45, 2.75) is 26.2 Å². The van der Waals surface area contributed by atoms with Gasteiger partial charge in [0.2, 0.25) is 0 Å². The van der Waals surface area contributed by atoms with Gasteiger partial charge in [-0.05, 0) is 56.8 Å². The SMILES string of the molecule is CCOC(=O)c1cccc(N2CCN(CCC3CCN(C(=O)O)CC3)CC2)c1. The summed E-state index contributed by atoms with van der Waals surface area (Å²) in [5, 5.41) is 9.04. The molecule has 1 amide bonds. The van der Waals surface area contributed by atoms with Gasteiger partial charge in [0.15, 0.2) is 0 Å². The third-order valence-electron chi connectivity index (χ3n) is 5.83. The summed E-state index contributed by atoms with van der Waals surface area (Å²) in [5.74, 6) is 0.367. The molecule has 2 heterocycles. The molecule has 0 atom stereocenters. The van der Waals surface area contributed by atoms with E-state index in [-0.39, 0.29) is 5.97 Å². The largest absolute Gasteiger partial charge is 0.465 e. The number of anilines is 1. The topological polar surface area (TPSA) is 73.3 Å². The summed E-state index contributed by atoms with van der Waals surface area (Å²) in [6, 6.07) is 7.68. The molecule has 0 unspecified atom stereocenters. The predicted molar refractivity (Wildman–Crippen MR) is 108 cm³/mol. The highest BCUT2D eigenvalue weighted by Crippen LogP contribution is 2.22. The average molecular weight is 389 g/mol. The van der Waals surface area contributed by atoms with E-state index in [1.165, 1.54) is 4.90 Å². The molecule has 0 aromatic heterocycles. The van der Waals surface area contributed by atoms with Crippen molar-refractivity contribution < 1.29 is 19.4 Å². The number of carboxylic acid groups (broad SMARTS) is 1. The molecule has 2 fully saturated rings. The number of piperidine rings is 1. The van der Waals surface area contributed by atoms with E-state index in [1.807, 2.05) is 19.1 Å². The molecular weight excluding hydrogens is 358 g/mol. The van der Waals surface area contributed by atoms with E-state index in [0.717, 1.165) is 57.7 Å². The van der Waals surface area contributed by atoms with Crippen LogP contribution in [0.5, 0.6) is 0 Å². The van der Waals surface area contributed by atoms with Crippen LogP contribution in [0.3, 0.4) is 0 Å². The Morgan fingerprint density at radius 2 is 1.82 bits per heavy atom. The smallest absolute Gasteiger partial charge is 0.407 e. The van der Waals surface area contributed by atoms with Gasteiger partial charge in [-0.25, -0.2) is 9.59 Å². The number of carbonyl (C=O) groups excluding carboxylic acids is 1. The summed E-state index contributed by atoms with van der Waals surface area (Å²) >= 11 is 0. The highest BCUT2D eigenvalue weighted by atomic mass is 16.5. The van der Waals surface area contributed by atoms with Crippen LogP contribution in [0.25, 0.3) is 0 Å². The number of hydrogen-bond donors (Lipinski definition) is 1. The van der Waals surface area contributed by atoms with Gasteiger partial charge in [0.1, 0.15) is 0 Å². The highest BCUT2D eigenvalue weighted by molar-refractivity contribution is 5.90. The Bertz CT molecular complexity index is 665. The summed E-state index contributed by atoms with van der Waals surface area (Å²) in [5.41, 5.74) is 1.68. The summed E-state index contributed by atoms with van der Waals surface area (Å²) < 4.78 is 5.10. The van der Waals surface area contributed by atoms with E-state index < -0.39 is 6.09 Å². The van der Waals surface area contributed by atoms with Crippen LogP contribution in [0.1, 0.15) is 36.5 Å². The molecule has 0 saturated carbocycles. The van der Waals surface area contributed by atoms with Gasteiger partial charge in [0.25, 0.3) is 0 Å². The Kier molecular flexibility index (Phi) is 7.14. The number of likely N-dealkylation sites (tertiary alicyclic amines) is 1. The van der Waals surface area contributed by atoms with Crippen molar-refractivity contribution in [1.29, 1.82) is 0 Å². The molecule has 1 N–H and O–H groups in total. The predicted octanol–water partition coefficient (Wildman–Crippen LogP) is 2.77. The first-order chi connectivity index (χ1) is 13.6. The lowest BCUT2D eigenvalue weighted by atomic mass is 9.93.